The largest absolute Gasteiger partial charge is 0.475 e. The van der Waals surface area contributed by atoms with Crippen molar-refractivity contribution >= 4 is 0 Å². The maximum atomic E-state index is 5.54. The van der Waals surface area contributed by atoms with Crippen LogP contribution in [0.5, 0.6) is 0 Å². The predicted octanol–water partition coefficient (Wildman–Crippen LogP) is 2.21. The highest BCUT2D eigenvalue weighted by molar-refractivity contribution is 5.46. The zero-order valence-electron chi connectivity index (χ0n) is 7.69. The van der Waals surface area contributed by atoms with Gasteiger partial charge in [-0.2, -0.15) is 0 Å². The van der Waals surface area contributed by atoms with E-state index in [-0.39, 0.29) is 11.2 Å². The molecule has 0 aromatic carbocycles. The van der Waals surface area contributed by atoms with Crippen LogP contribution in [0.15, 0.2) is 48.0 Å². The van der Waals surface area contributed by atoms with E-state index in [4.69, 9.17) is 9.47 Å². The van der Waals surface area contributed by atoms with Crippen molar-refractivity contribution in [3.05, 3.63) is 48.0 Å². The topological polar surface area (TPSA) is 25.1 Å². The molecule has 0 N–H and O–H groups in total. The highest BCUT2D eigenvalue weighted by atomic mass is 16.6. The lowest BCUT2D eigenvalue weighted by Crippen LogP contribution is -2.12. The van der Waals surface area contributed by atoms with Crippen molar-refractivity contribution in [3.8, 4) is 0 Å². The summed E-state index contributed by atoms with van der Waals surface area (Å²) < 4.78 is 11.1. The molecule has 2 heteroatoms. The normalized spacial score (nSPS) is 43.4. The Morgan fingerprint density at radius 1 is 0.857 bits per heavy atom. The smallest absolute Gasteiger partial charge is 0.184 e. The molecule has 0 bridgehead atoms. The lowest BCUT2D eigenvalue weighted by Gasteiger charge is -2.05. The van der Waals surface area contributed by atoms with Gasteiger partial charge in [0.1, 0.15) is 11.5 Å². The van der Waals surface area contributed by atoms with Gasteiger partial charge < -0.3 is 9.47 Å². The Hall–Kier alpha value is -1.44. The minimum Gasteiger partial charge on any atom is -0.475 e. The summed E-state index contributed by atoms with van der Waals surface area (Å²) in [5.41, 5.74) is -0.0789. The molecule has 0 radical (unpaired) electrons. The van der Waals surface area contributed by atoms with Crippen LogP contribution < -0.4 is 0 Å². The molecule has 2 saturated heterocycles. The van der Waals surface area contributed by atoms with Crippen molar-refractivity contribution in [1.29, 1.82) is 0 Å². The first-order valence-electron chi connectivity index (χ1n) is 5.01. The van der Waals surface area contributed by atoms with Crippen LogP contribution in [-0.4, -0.2) is 11.2 Å². The molecule has 2 nitrogen and oxygen atoms in total. The second-order valence-corrected chi connectivity index (χ2v) is 4.26. The monoisotopic (exact) mass is 186 g/mol. The lowest BCUT2D eigenvalue weighted by atomic mass is 9.96. The van der Waals surface area contributed by atoms with Gasteiger partial charge in [0, 0.05) is 12.8 Å². The Morgan fingerprint density at radius 2 is 1.36 bits per heavy atom. The van der Waals surface area contributed by atoms with Gasteiger partial charge in [-0.1, -0.05) is 12.2 Å². The molecule has 0 saturated carbocycles. The van der Waals surface area contributed by atoms with Crippen molar-refractivity contribution in [1.82, 2.24) is 0 Å². The fourth-order valence-electron chi connectivity index (χ4n) is 2.39. The maximum Gasteiger partial charge on any atom is 0.184 e. The third kappa shape index (κ3) is 0.684. The standard InChI is InChI=1S/C12H10O2/c1-3-9-11(5-1,13-9)7-8-12-6-2-4-10(12)14-12/h1-6H,7-8H2. The number of allylic oxidation sites excluding steroid dienone is 4. The van der Waals surface area contributed by atoms with Crippen molar-refractivity contribution in [3.63, 3.8) is 0 Å². The van der Waals surface area contributed by atoms with Crippen LogP contribution in [0.1, 0.15) is 12.8 Å². The average molecular weight is 186 g/mol. The van der Waals surface area contributed by atoms with Crippen molar-refractivity contribution in [2.24, 2.45) is 0 Å². The molecule has 2 unspecified atom stereocenters. The van der Waals surface area contributed by atoms with E-state index in [0.29, 0.717) is 0 Å². The molecular formula is C12H10O2. The minimum atomic E-state index is -0.0394. The Morgan fingerprint density at radius 3 is 1.64 bits per heavy atom. The Bertz CT molecular complexity index is 399. The van der Waals surface area contributed by atoms with Crippen LogP contribution in [-0.2, 0) is 9.47 Å². The average Bonchev–Trinajstić information content (AvgIpc) is 2.99. The Labute approximate surface area is 82.2 Å². The molecule has 2 aliphatic carbocycles. The molecule has 2 atom stereocenters. The van der Waals surface area contributed by atoms with Crippen LogP contribution in [0.4, 0.5) is 0 Å². The van der Waals surface area contributed by atoms with E-state index in [1.54, 1.807) is 0 Å². The summed E-state index contributed by atoms with van der Waals surface area (Å²) in [4.78, 5) is 0. The van der Waals surface area contributed by atoms with Crippen LogP contribution in [0, 0.1) is 0 Å². The number of rotatable bonds is 3. The predicted molar refractivity (Wildman–Crippen MR) is 51.3 cm³/mol. The zero-order valence-corrected chi connectivity index (χ0v) is 7.69. The molecule has 0 aromatic rings. The van der Waals surface area contributed by atoms with E-state index in [1.165, 1.54) is 0 Å². The summed E-state index contributed by atoms with van der Waals surface area (Å²) >= 11 is 0. The van der Waals surface area contributed by atoms with Gasteiger partial charge in [-0.25, -0.2) is 0 Å². The molecule has 0 aromatic heterocycles. The molecule has 70 valence electrons. The van der Waals surface area contributed by atoms with Crippen molar-refractivity contribution in [2.75, 3.05) is 0 Å². The number of hydrogen-bond acceptors (Lipinski definition) is 2. The van der Waals surface area contributed by atoms with Gasteiger partial charge in [0.25, 0.3) is 0 Å². The van der Waals surface area contributed by atoms with E-state index >= 15 is 0 Å². The number of epoxide rings is 2. The Kier molecular flexibility index (Phi) is 0.905. The van der Waals surface area contributed by atoms with E-state index in [9.17, 15) is 0 Å². The maximum absolute atomic E-state index is 5.54. The fraction of sp³-hybridized carbons (Fsp3) is 0.333. The van der Waals surface area contributed by atoms with E-state index in [2.05, 4.69) is 24.3 Å². The third-order valence-electron chi connectivity index (χ3n) is 3.43. The minimum absolute atomic E-state index is 0.0394. The summed E-state index contributed by atoms with van der Waals surface area (Å²) in [5.74, 6) is 2.25. The van der Waals surface area contributed by atoms with E-state index < -0.39 is 0 Å². The summed E-state index contributed by atoms with van der Waals surface area (Å²) in [7, 11) is 0. The highest BCUT2D eigenvalue weighted by Crippen LogP contribution is 2.55. The first kappa shape index (κ1) is 6.93. The van der Waals surface area contributed by atoms with Crippen LogP contribution in [0.25, 0.3) is 0 Å². The zero-order chi connectivity index (χ0) is 9.23. The number of fused-ring (bicyclic) bond motifs is 2. The fourth-order valence-corrected chi connectivity index (χ4v) is 2.39. The first-order valence-corrected chi connectivity index (χ1v) is 5.01. The van der Waals surface area contributed by atoms with Gasteiger partial charge in [0.2, 0.25) is 0 Å². The highest BCUT2D eigenvalue weighted by Gasteiger charge is 2.58. The SMILES string of the molecule is C1=CC2(CCC34C=CC=C3O4)OC2=C1. The summed E-state index contributed by atoms with van der Waals surface area (Å²) in [5, 5.41) is 0. The molecule has 4 rings (SSSR count). The molecule has 4 aliphatic rings. The van der Waals surface area contributed by atoms with Crippen LogP contribution in [0.3, 0.4) is 0 Å². The lowest BCUT2D eigenvalue weighted by molar-refractivity contribution is 0.288. The summed E-state index contributed by atoms with van der Waals surface area (Å²) in [6.45, 7) is 0. The quantitative estimate of drug-likeness (QED) is 0.631. The Balaban J connectivity index is 1.49. The van der Waals surface area contributed by atoms with Gasteiger partial charge in [-0.3, -0.25) is 0 Å². The second kappa shape index (κ2) is 1.83. The number of ether oxygens (including phenoxy) is 2. The van der Waals surface area contributed by atoms with Crippen molar-refractivity contribution < 1.29 is 9.47 Å². The molecule has 0 spiro atoms. The van der Waals surface area contributed by atoms with Gasteiger partial charge in [0.05, 0.1) is 0 Å². The first-order chi connectivity index (χ1) is 6.83. The molecule has 2 heterocycles. The van der Waals surface area contributed by atoms with Gasteiger partial charge in [-0.15, -0.1) is 0 Å². The number of hydrogen-bond donors (Lipinski definition) is 0. The van der Waals surface area contributed by atoms with E-state index in [1.807, 2.05) is 12.2 Å². The van der Waals surface area contributed by atoms with Crippen LogP contribution >= 0.6 is 0 Å². The molecular weight excluding hydrogens is 176 g/mol. The molecule has 0 amide bonds. The van der Waals surface area contributed by atoms with Gasteiger partial charge >= 0.3 is 0 Å². The van der Waals surface area contributed by atoms with Gasteiger partial charge in [0.15, 0.2) is 11.2 Å². The molecule has 2 fully saturated rings. The van der Waals surface area contributed by atoms with Gasteiger partial charge in [-0.05, 0) is 24.3 Å². The third-order valence-corrected chi connectivity index (χ3v) is 3.43. The van der Waals surface area contributed by atoms with Crippen molar-refractivity contribution in [2.45, 2.75) is 24.0 Å². The molecule has 14 heavy (non-hydrogen) atoms. The summed E-state index contributed by atoms with van der Waals surface area (Å²) in [6.07, 6.45) is 14.6. The second-order valence-electron chi connectivity index (χ2n) is 4.26. The summed E-state index contributed by atoms with van der Waals surface area (Å²) in [6, 6.07) is 0. The van der Waals surface area contributed by atoms with E-state index in [0.717, 1.165) is 24.4 Å². The molecule has 2 aliphatic heterocycles. The van der Waals surface area contributed by atoms with Crippen LogP contribution in [0.2, 0.25) is 0 Å².